The van der Waals surface area contributed by atoms with E-state index in [0.717, 1.165) is 28.9 Å². The van der Waals surface area contributed by atoms with Crippen LogP contribution in [-0.4, -0.2) is 30.2 Å². The van der Waals surface area contributed by atoms with E-state index in [0.29, 0.717) is 11.8 Å². The van der Waals surface area contributed by atoms with Gasteiger partial charge in [-0.05, 0) is 52.4 Å². The summed E-state index contributed by atoms with van der Waals surface area (Å²) < 4.78 is 6.21. The molecule has 3 rings (SSSR count). The van der Waals surface area contributed by atoms with Gasteiger partial charge in [-0.3, -0.25) is 4.79 Å². The average Bonchev–Trinajstić information content (AvgIpc) is 3.11. The topological polar surface area (TPSA) is 29.5 Å². The second kappa shape index (κ2) is 5.98. The van der Waals surface area contributed by atoms with Crippen molar-refractivity contribution in [3.8, 4) is 5.75 Å². The van der Waals surface area contributed by atoms with Crippen LogP contribution in [0.2, 0.25) is 0 Å². The third-order valence-corrected chi connectivity index (χ3v) is 5.71. The summed E-state index contributed by atoms with van der Waals surface area (Å²) in [6.45, 7) is 0.866. The molecule has 0 bridgehead atoms. The zero-order valence-electron chi connectivity index (χ0n) is 11.5. The molecule has 2 aliphatic rings. The molecule has 0 radical (unpaired) electrons. The molecule has 2 fully saturated rings. The van der Waals surface area contributed by atoms with Crippen LogP contribution in [0.5, 0.6) is 5.75 Å². The van der Waals surface area contributed by atoms with E-state index >= 15 is 0 Å². The van der Waals surface area contributed by atoms with Gasteiger partial charge in [0.05, 0.1) is 11.6 Å². The Kier molecular flexibility index (Phi) is 4.26. The minimum atomic E-state index is 0.156. The highest BCUT2D eigenvalue weighted by atomic mass is 79.9. The van der Waals surface area contributed by atoms with E-state index in [9.17, 15) is 4.79 Å². The number of hydrogen-bond donors (Lipinski definition) is 0. The molecule has 1 amide bonds. The van der Waals surface area contributed by atoms with Gasteiger partial charge >= 0.3 is 0 Å². The predicted molar refractivity (Wildman–Crippen MR) is 84.9 cm³/mol. The Bertz CT molecular complexity index is 519. The summed E-state index contributed by atoms with van der Waals surface area (Å²) in [5, 5.41) is 0.156. The van der Waals surface area contributed by atoms with Gasteiger partial charge in [-0.1, -0.05) is 6.07 Å². The largest absolute Gasteiger partial charge is 0.496 e. The highest BCUT2D eigenvalue weighted by Gasteiger charge is 2.34. The molecular formula is C15H18BrNO2S. The van der Waals surface area contributed by atoms with Crippen molar-refractivity contribution < 1.29 is 9.53 Å². The van der Waals surface area contributed by atoms with Crippen LogP contribution in [0, 0.1) is 5.92 Å². The zero-order chi connectivity index (χ0) is 14.1. The zero-order valence-corrected chi connectivity index (χ0v) is 13.9. The number of ether oxygens (including phenoxy) is 1. The number of carbonyl (C=O) groups is 1. The van der Waals surface area contributed by atoms with Crippen molar-refractivity contribution in [3.63, 3.8) is 0 Å². The lowest BCUT2D eigenvalue weighted by molar-refractivity contribution is -0.131. The molecule has 1 aliphatic carbocycles. The van der Waals surface area contributed by atoms with Gasteiger partial charge in [-0.25, -0.2) is 0 Å². The van der Waals surface area contributed by atoms with Crippen LogP contribution in [0.1, 0.15) is 30.2 Å². The molecule has 1 aromatic carbocycles. The van der Waals surface area contributed by atoms with Crippen molar-refractivity contribution >= 4 is 33.6 Å². The van der Waals surface area contributed by atoms with Crippen LogP contribution < -0.4 is 4.74 Å². The Balaban J connectivity index is 1.77. The highest BCUT2D eigenvalue weighted by Crippen LogP contribution is 2.42. The fraction of sp³-hybridized carbons (Fsp3) is 0.533. The number of nitrogens with zero attached hydrogens (tertiary/aromatic N) is 1. The smallest absolute Gasteiger partial charge is 0.224 e. The minimum absolute atomic E-state index is 0.156. The number of hydrogen-bond acceptors (Lipinski definition) is 3. The number of thioether (sulfide) groups is 1. The average molecular weight is 356 g/mol. The van der Waals surface area contributed by atoms with Gasteiger partial charge in [0.15, 0.2) is 0 Å². The van der Waals surface area contributed by atoms with Gasteiger partial charge in [0.2, 0.25) is 5.91 Å². The SMILES string of the molecule is COc1ccc(C2SCCN2C(=O)CC2CC2)cc1Br. The lowest BCUT2D eigenvalue weighted by atomic mass is 10.2. The fourth-order valence-electron chi connectivity index (χ4n) is 2.52. The Morgan fingerprint density at radius 1 is 1.50 bits per heavy atom. The van der Waals surface area contributed by atoms with Crippen LogP contribution >= 0.6 is 27.7 Å². The molecule has 1 saturated heterocycles. The molecule has 5 heteroatoms. The predicted octanol–water partition coefficient (Wildman–Crippen LogP) is 3.83. The summed E-state index contributed by atoms with van der Waals surface area (Å²) >= 11 is 5.37. The van der Waals surface area contributed by atoms with E-state index in [1.165, 1.54) is 18.4 Å². The van der Waals surface area contributed by atoms with Crippen LogP contribution in [0.3, 0.4) is 0 Å². The molecule has 108 valence electrons. The van der Waals surface area contributed by atoms with E-state index in [-0.39, 0.29) is 5.37 Å². The first-order chi connectivity index (χ1) is 9.69. The second-order valence-corrected chi connectivity index (χ2v) is 7.39. The van der Waals surface area contributed by atoms with Gasteiger partial charge in [0.25, 0.3) is 0 Å². The van der Waals surface area contributed by atoms with E-state index in [1.54, 1.807) is 7.11 Å². The quantitative estimate of drug-likeness (QED) is 0.821. The van der Waals surface area contributed by atoms with E-state index in [1.807, 2.05) is 22.7 Å². The molecule has 1 aromatic rings. The van der Waals surface area contributed by atoms with Crippen molar-refractivity contribution in [2.75, 3.05) is 19.4 Å². The normalized spacial score (nSPS) is 22.1. The molecule has 1 atom stereocenters. The first-order valence-corrected chi connectivity index (χ1v) is 8.77. The summed E-state index contributed by atoms with van der Waals surface area (Å²) in [7, 11) is 1.66. The first-order valence-electron chi connectivity index (χ1n) is 6.93. The third kappa shape index (κ3) is 2.98. The highest BCUT2D eigenvalue weighted by molar-refractivity contribution is 9.10. The minimum Gasteiger partial charge on any atom is -0.496 e. The monoisotopic (exact) mass is 355 g/mol. The summed E-state index contributed by atoms with van der Waals surface area (Å²) in [4.78, 5) is 14.4. The van der Waals surface area contributed by atoms with E-state index < -0.39 is 0 Å². The van der Waals surface area contributed by atoms with Crippen molar-refractivity contribution in [2.45, 2.75) is 24.6 Å². The number of carbonyl (C=O) groups excluding carboxylic acids is 1. The summed E-state index contributed by atoms with van der Waals surface area (Å²) in [5.74, 6) is 2.81. The lowest BCUT2D eigenvalue weighted by Gasteiger charge is -2.24. The molecule has 0 aromatic heterocycles. The second-order valence-electron chi connectivity index (χ2n) is 5.35. The number of amides is 1. The summed E-state index contributed by atoms with van der Waals surface area (Å²) in [5.41, 5.74) is 1.17. The maximum atomic E-state index is 12.4. The number of methoxy groups -OCH3 is 1. The molecule has 1 saturated carbocycles. The molecule has 3 nitrogen and oxygen atoms in total. The van der Waals surface area contributed by atoms with Crippen LogP contribution in [0.15, 0.2) is 22.7 Å². The Morgan fingerprint density at radius 3 is 2.95 bits per heavy atom. The maximum Gasteiger partial charge on any atom is 0.224 e. The van der Waals surface area contributed by atoms with Crippen molar-refractivity contribution in [2.24, 2.45) is 5.92 Å². The van der Waals surface area contributed by atoms with Crippen molar-refractivity contribution in [1.82, 2.24) is 4.90 Å². The third-order valence-electron chi connectivity index (χ3n) is 3.83. The Morgan fingerprint density at radius 2 is 2.30 bits per heavy atom. The van der Waals surface area contributed by atoms with Crippen LogP contribution in [0.25, 0.3) is 0 Å². The molecule has 1 heterocycles. The molecular weight excluding hydrogens is 338 g/mol. The van der Waals surface area contributed by atoms with Gasteiger partial charge in [0, 0.05) is 18.7 Å². The number of rotatable bonds is 4. The fourth-order valence-corrected chi connectivity index (χ4v) is 4.35. The van der Waals surface area contributed by atoms with Gasteiger partial charge in [-0.2, -0.15) is 0 Å². The summed E-state index contributed by atoms with van der Waals surface area (Å²) in [6, 6.07) is 6.09. The van der Waals surface area contributed by atoms with Crippen molar-refractivity contribution in [1.29, 1.82) is 0 Å². The molecule has 1 unspecified atom stereocenters. The summed E-state index contributed by atoms with van der Waals surface area (Å²) in [6.07, 6.45) is 3.19. The maximum absolute atomic E-state index is 12.4. The van der Waals surface area contributed by atoms with Crippen LogP contribution in [0.4, 0.5) is 0 Å². The van der Waals surface area contributed by atoms with Crippen molar-refractivity contribution in [3.05, 3.63) is 28.2 Å². The lowest BCUT2D eigenvalue weighted by Crippen LogP contribution is -2.30. The molecule has 0 spiro atoms. The number of halogens is 1. The Hall–Kier alpha value is -0.680. The van der Waals surface area contributed by atoms with Gasteiger partial charge in [0.1, 0.15) is 11.1 Å². The van der Waals surface area contributed by atoms with Gasteiger partial charge < -0.3 is 9.64 Å². The number of benzene rings is 1. The van der Waals surface area contributed by atoms with E-state index in [2.05, 4.69) is 28.1 Å². The standard InChI is InChI=1S/C15H18BrNO2S/c1-19-13-5-4-11(9-12(13)16)15-17(6-7-20-15)14(18)8-10-2-3-10/h4-5,9-10,15H,2-3,6-8H2,1H3. The first kappa shape index (κ1) is 14.3. The van der Waals surface area contributed by atoms with Crippen LogP contribution in [-0.2, 0) is 4.79 Å². The molecule has 20 heavy (non-hydrogen) atoms. The molecule has 0 N–H and O–H groups in total. The molecule has 1 aliphatic heterocycles. The van der Waals surface area contributed by atoms with Gasteiger partial charge in [-0.15, -0.1) is 11.8 Å². The Labute approximate surface area is 132 Å². The van der Waals surface area contributed by atoms with E-state index in [4.69, 9.17) is 4.74 Å².